The van der Waals surface area contributed by atoms with Gasteiger partial charge in [-0.2, -0.15) is 0 Å². The Kier molecular flexibility index (Phi) is 5.44. The van der Waals surface area contributed by atoms with Crippen molar-refractivity contribution < 1.29 is 14.7 Å². The topological polar surface area (TPSA) is 69.6 Å². The van der Waals surface area contributed by atoms with Crippen LogP contribution >= 0.6 is 0 Å². The average molecular weight is 256 g/mol. The summed E-state index contributed by atoms with van der Waals surface area (Å²) in [5.74, 6) is 0.0537. The minimum Gasteiger partial charge on any atom is -0.480 e. The molecule has 5 heteroatoms. The number of aliphatic carboxylic acids is 1. The summed E-state index contributed by atoms with van der Waals surface area (Å²) in [5.41, 5.74) is 0. The van der Waals surface area contributed by atoms with Crippen LogP contribution in [0.15, 0.2) is 0 Å². The summed E-state index contributed by atoms with van der Waals surface area (Å²) in [6, 6.07) is -0.0996. The zero-order valence-electron chi connectivity index (χ0n) is 11.5. The summed E-state index contributed by atoms with van der Waals surface area (Å²) in [6.45, 7) is 4.09. The standard InChI is InChI=1S/C13H24N2O3/c1-9(2)10-6-4-5-7-11(10)14-13(18)15(3)8-12(16)17/h9-11H,4-8H2,1-3H3,(H,14,18)(H,16,17). The van der Waals surface area contributed by atoms with E-state index in [4.69, 9.17) is 5.11 Å². The number of hydrogen-bond acceptors (Lipinski definition) is 2. The highest BCUT2D eigenvalue weighted by Crippen LogP contribution is 2.30. The summed E-state index contributed by atoms with van der Waals surface area (Å²) in [6.07, 6.45) is 4.50. The third-order valence-electron chi connectivity index (χ3n) is 3.70. The number of carboxylic acid groups (broad SMARTS) is 1. The molecule has 1 fully saturated rings. The van der Waals surface area contributed by atoms with Gasteiger partial charge in [-0.1, -0.05) is 26.7 Å². The molecule has 18 heavy (non-hydrogen) atoms. The number of nitrogens with zero attached hydrogens (tertiary/aromatic N) is 1. The molecule has 1 saturated carbocycles. The lowest BCUT2D eigenvalue weighted by molar-refractivity contribution is -0.137. The van der Waals surface area contributed by atoms with Crippen LogP contribution in [0.5, 0.6) is 0 Å². The third-order valence-corrected chi connectivity index (χ3v) is 3.70. The zero-order valence-corrected chi connectivity index (χ0v) is 11.5. The Morgan fingerprint density at radius 2 is 1.94 bits per heavy atom. The van der Waals surface area contributed by atoms with Crippen molar-refractivity contribution in [3.05, 3.63) is 0 Å². The fraction of sp³-hybridized carbons (Fsp3) is 0.846. The molecule has 0 aromatic carbocycles. The van der Waals surface area contributed by atoms with Crippen LogP contribution in [0.1, 0.15) is 39.5 Å². The normalized spacial score (nSPS) is 23.8. The molecule has 0 aromatic heterocycles. The maximum absolute atomic E-state index is 11.9. The summed E-state index contributed by atoms with van der Waals surface area (Å²) in [5, 5.41) is 11.6. The van der Waals surface area contributed by atoms with Crippen molar-refractivity contribution >= 4 is 12.0 Å². The van der Waals surface area contributed by atoms with E-state index in [1.54, 1.807) is 0 Å². The van der Waals surface area contributed by atoms with Crippen molar-refractivity contribution in [1.29, 1.82) is 0 Å². The summed E-state index contributed by atoms with van der Waals surface area (Å²) < 4.78 is 0. The number of carboxylic acids is 1. The Morgan fingerprint density at radius 1 is 1.33 bits per heavy atom. The Morgan fingerprint density at radius 3 is 2.50 bits per heavy atom. The van der Waals surface area contributed by atoms with Crippen LogP contribution < -0.4 is 5.32 Å². The number of likely N-dealkylation sites (N-methyl/N-ethyl adjacent to an activating group) is 1. The predicted octanol–water partition coefficient (Wildman–Crippen LogP) is 1.93. The number of carbonyl (C=O) groups is 2. The molecule has 2 N–H and O–H groups in total. The second kappa shape index (κ2) is 6.61. The van der Waals surface area contributed by atoms with Crippen LogP contribution in [0.2, 0.25) is 0 Å². The summed E-state index contributed by atoms with van der Waals surface area (Å²) in [4.78, 5) is 23.6. The lowest BCUT2D eigenvalue weighted by Gasteiger charge is -2.35. The average Bonchev–Trinajstić information content (AvgIpc) is 2.28. The van der Waals surface area contributed by atoms with E-state index in [9.17, 15) is 9.59 Å². The van der Waals surface area contributed by atoms with Gasteiger partial charge in [0.05, 0.1) is 0 Å². The molecule has 2 amide bonds. The molecule has 0 spiro atoms. The molecule has 5 nitrogen and oxygen atoms in total. The van der Waals surface area contributed by atoms with Crippen LogP contribution in [0.4, 0.5) is 4.79 Å². The van der Waals surface area contributed by atoms with E-state index in [2.05, 4.69) is 19.2 Å². The molecule has 0 radical (unpaired) electrons. The van der Waals surface area contributed by atoms with Gasteiger partial charge >= 0.3 is 12.0 Å². The highest BCUT2D eigenvalue weighted by Gasteiger charge is 2.29. The first-order valence-electron chi connectivity index (χ1n) is 6.65. The highest BCUT2D eigenvalue weighted by molar-refractivity contribution is 5.80. The molecule has 0 aromatic rings. The minimum atomic E-state index is -0.989. The molecule has 1 aliphatic rings. The molecule has 2 atom stereocenters. The van der Waals surface area contributed by atoms with Gasteiger partial charge < -0.3 is 15.3 Å². The van der Waals surface area contributed by atoms with Gasteiger partial charge in [0.15, 0.2) is 0 Å². The van der Waals surface area contributed by atoms with E-state index in [0.29, 0.717) is 11.8 Å². The predicted molar refractivity (Wildman–Crippen MR) is 69.4 cm³/mol. The Labute approximate surface area is 109 Å². The zero-order chi connectivity index (χ0) is 13.7. The molecule has 2 unspecified atom stereocenters. The molecule has 0 saturated heterocycles. The monoisotopic (exact) mass is 256 g/mol. The lowest BCUT2D eigenvalue weighted by Crippen LogP contribution is -2.49. The van der Waals surface area contributed by atoms with Crippen molar-refractivity contribution in [1.82, 2.24) is 10.2 Å². The largest absolute Gasteiger partial charge is 0.480 e. The first-order chi connectivity index (χ1) is 8.41. The van der Waals surface area contributed by atoms with Crippen LogP contribution in [-0.2, 0) is 4.79 Å². The van der Waals surface area contributed by atoms with Gasteiger partial charge in [-0.05, 0) is 24.7 Å². The van der Waals surface area contributed by atoms with Gasteiger partial charge in [0, 0.05) is 13.1 Å². The Balaban J connectivity index is 2.53. The van der Waals surface area contributed by atoms with Crippen molar-refractivity contribution in [2.75, 3.05) is 13.6 Å². The van der Waals surface area contributed by atoms with Crippen LogP contribution in [0.25, 0.3) is 0 Å². The molecule has 0 aliphatic heterocycles. The summed E-state index contributed by atoms with van der Waals surface area (Å²) >= 11 is 0. The first kappa shape index (κ1) is 14.8. The number of carbonyl (C=O) groups excluding carboxylic acids is 1. The quantitative estimate of drug-likeness (QED) is 0.807. The molecular weight excluding hydrogens is 232 g/mol. The van der Waals surface area contributed by atoms with E-state index >= 15 is 0 Å². The lowest BCUT2D eigenvalue weighted by atomic mass is 9.78. The van der Waals surface area contributed by atoms with Gasteiger partial charge in [-0.15, -0.1) is 0 Å². The van der Waals surface area contributed by atoms with Crippen LogP contribution in [0, 0.1) is 11.8 Å². The first-order valence-corrected chi connectivity index (χ1v) is 6.65. The number of nitrogens with one attached hydrogen (secondary N) is 1. The van der Waals surface area contributed by atoms with Crippen LogP contribution in [-0.4, -0.2) is 41.6 Å². The third kappa shape index (κ3) is 4.20. The molecule has 1 aliphatic carbocycles. The highest BCUT2D eigenvalue weighted by atomic mass is 16.4. The molecule has 0 bridgehead atoms. The van der Waals surface area contributed by atoms with Gasteiger partial charge in [0.2, 0.25) is 0 Å². The molecule has 0 heterocycles. The summed E-state index contributed by atoms with van der Waals surface area (Å²) in [7, 11) is 1.51. The van der Waals surface area contributed by atoms with Crippen molar-refractivity contribution in [3.8, 4) is 0 Å². The van der Waals surface area contributed by atoms with Gasteiger partial charge in [0.25, 0.3) is 0 Å². The van der Waals surface area contributed by atoms with Crippen molar-refractivity contribution in [2.45, 2.75) is 45.6 Å². The maximum atomic E-state index is 11.9. The second-order valence-corrected chi connectivity index (χ2v) is 5.50. The van der Waals surface area contributed by atoms with E-state index in [-0.39, 0.29) is 18.6 Å². The number of amides is 2. The maximum Gasteiger partial charge on any atom is 0.323 e. The van der Waals surface area contributed by atoms with Crippen molar-refractivity contribution in [2.24, 2.45) is 11.8 Å². The Hall–Kier alpha value is -1.26. The molecule has 1 rings (SSSR count). The van der Waals surface area contributed by atoms with Crippen molar-refractivity contribution in [3.63, 3.8) is 0 Å². The van der Waals surface area contributed by atoms with Gasteiger partial charge in [-0.3, -0.25) is 4.79 Å². The SMILES string of the molecule is CC(C)C1CCCCC1NC(=O)N(C)CC(=O)O. The second-order valence-electron chi connectivity index (χ2n) is 5.50. The fourth-order valence-electron chi connectivity index (χ4n) is 2.68. The molecule has 104 valence electrons. The van der Waals surface area contributed by atoms with E-state index in [1.165, 1.54) is 18.4 Å². The van der Waals surface area contributed by atoms with Crippen LogP contribution in [0.3, 0.4) is 0 Å². The van der Waals surface area contributed by atoms with E-state index in [0.717, 1.165) is 19.3 Å². The fourth-order valence-corrected chi connectivity index (χ4v) is 2.68. The number of urea groups is 1. The number of rotatable bonds is 4. The smallest absolute Gasteiger partial charge is 0.323 e. The molecular formula is C13H24N2O3. The number of hydrogen-bond donors (Lipinski definition) is 2. The van der Waals surface area contributed by atoms with E-state index < -0.39 is 5.97 Å². The van der Waals surface area contributed by atoms with E-state index in [1.807, 2.05) is 0 Å². The van der Waals surface area contributed by atoms with Gasteiger partial charge in [-0.25, -0.2) is 4.79 Å². The Bertz CT molecular complexity index is 305. The minimum absolute atomic E-state index is 0.183. The van der Waals surface area contributed by atoms with Gasteiger partial charge in [0.1, 0.15) is 6.54 Å².